The minimum Gasteiger partial charge on any atom is -0.495 e. The lowest BCUT2D eigenvalue weighted by atomic mass is 10.3. The number of rotatable bonds is 7. The van der Waals surface area contributed by atoms with Crippen LogP contribution in [-0.4, -0.2) is 33.9 Å². The molecule has 0 radical (unpaired) electrons. The highest BCUT2D eigenvalue weighted by atomic mass is 32.2. The molecule has 0 aromatic heterocycles. The maximum absolute atomic E-state index is 12.9. The van der Waals surface area contributed by atoms with Crippen molar-refractivity contribution in [2.45, 2.75) is 37.4 Å². The van der Waals surface area contributed by atoms with E-state index in [2.05, 4.69) is 0 Å². The smallest absolute Gasteiger partial charge is 0.238 e. The standard InChI is InChI=1S/C15H24N2O3S/c1-20-15-10-5-4-9-14(15)17(12-6-11-16)21(18,19)13-7-2-3-8-13/h4-5,9-10,13H,2-3,6-8,11-12,16H2,1H3. The molecule has 0 saturated heterocycles. The van der Waals surface area contributed by atoms with Crippen molar-refractivity contribution in [2.24, 2.45) is 5.73 Å². The van der Waals surface area contributed by atoms with Crippen molar-refractivity contribution in [3.8, 4) is 5.75 Å². The Morgan fingerprint density at radius 2 is 1.95 bits per heavy atom. The van der Waals surface area contributed by atoms with Gasteiger partial charge in [0.2, 0.25) is 10.0 Å². The zero-order chi connectivity index (χ0) is 15.3. The zero-order valence-corrected chi connectivity index (χ0v) is 13.3. The van der Waals surface area contributed by atoms with Gasteiger partial charge in [-0.15, -0.1) is 0 Å². The lowest BCUT2D eigenvalue weighted by Gasteiger charge is -2.28. The molecule has 21 heavy (non-hydrogen) atoms. The Morgan fingerprint density at radius 3 is 2.57 bits per heavy atom. The van der Waals surface area contributed by atoms with Crippen LogP contribution in [0, 0.1) is 0 Å². The number of benzene rings is 1. The fourth-order valence-electron chi connectivity index (χ4n) is 2.82. The molecular formula is C15H24N2O3S. The van der Waals surface area contributed by atoms with E-state index in [1.54, 1.807) is 19.2 Å². The van der Waals surface area contributed by atoms with Crippen LogP contribution >= 0.6 is 0 Å². The number of hydrogen-bond donors (Lipinski definition) is 1. The predicted molar refractivity (Wildman–Crippen MR) is 85.2 cm³/mol. The molecule has 2 rings (SSSR count). The van der Waals surface area contributed by atoms with E-state index in [4.69, 9.17) is 10.5 Å². The van der Waals surface area contributed by atoms with Crippen LogP contribution in [0.15, 0.2) is 24.3 Å². The van der Waals surface area contributed by atoms with Crippen molar-refractivity contribution in [3.05, 3.63) is 24.3 Å². The normalized spacial score (nSPS) is 16.1. The van der Waals surface area contributed by atoms with E-state index in [1.165, 1.54) is 4.31 Å². The third kappa shape index (κ3) is 3.49. The van der Waals surface area contributed by atoms with Gasteiger partial charge in [0.05, 0.1) is 18.0 Å². The van der Waals surface area contributed by atoms with E-state index in [0.29, 0.717) is 30.9 Å². The summed E-state index contributed by atoms with van der Waals surface area (Å²) < 4.78 is 32.7. The van der Waals surface area contributed by atoms with E-state index in [0.717, 1.165) is 25.7 Å². The SMILES string of the molecule is COc1ccccc1N(CCCN)S(=O)(=O)C1CCCC1. The van der Waals surface area contributed by atoms with Crippen LogP contribution in [0.3, 0.4) is 0 Å². The quantitative estimate of drug-likeness (QED) is 0.837. The Bertz CT molecular complexity index is 554. The van der Waals surface area contributed by atoms with E-state index in [1.807, 2.05) is 12.1 Å². The molecule has 1 aromatic rings. The summed E-state index contributed by atoms with van der Waals surface area (Å²) in [7, 11) is -1.80. The Kier molecular flexibility index (Phi) is 5.47. The van der Waals surface area contributed by atoms with E-state index in [9.17, 15) is 8.42 Å². The van der Waals surface area contributed by atoms with Crippen molar-refractivity contribution < 1.29 is 13.2 Å². The van der Waals surface area contributed by atoms with Gasteiger partial charge in [0.25, 0.3) is 0 Å². The minimum atomic E-state index is -3.36. The number of anilines is 1. The molecular weight excluding hydrogens is 288 g/mol. The number of nitrogens with two attached hydrogens (primary N) is 1. The summed E-state index contributed by atoms with van der Waals surface area (Å²) in [5.74, 6) is 0.580. The van der Waals surface area contributed by atoms with Crippen LogP contribution in [0.4, 0.5) is 5.69 Å². The number of hydrogen-bond acceptors (Lipinski definition) is 4. The highest BCUT2D eigenvalue weighted by Gasteiger charge is 2.35. The first kappa shape index (κ1) is 16.1. The monoisotopic (exact) mass is 312 g/mol. The maximum atomic E-state index is 12.9. The number of sulfonamides is 1. The fourth-order valence-corrected chi connectivity index (χ4v) is 4.92. The second-order valence-corrected chi connectivity index (χ2v) is 7.48. The fraction of sp³-hybridized carbons (Fsp3) is 0.600. The summed E-state index contributed by atoms with van der Waals surface area (Å²) in [5.41, 5.74) is 6.18. The first-order chi connectivity index (χ1) is 10.1. The van der Waals surface area contributed by atoms with Crippen LogP contribution in [0.5, 0.6) is 5.75 Å². The average Bonchev–Trinajstić information content (AvgIpc) is 3.03. The minimum absolute atomic E-state index is 0.278. The molecule has 0 bridgehead atoms. The average molecular weight is 312 g/mol. The van der Waals surface area contributed by atoms with E-state index >= 15 is 0 Å². The Balaban J connectivity index is 2.37. The summed E-state index contributed by atoms with van der Waals surface area (Å²) in [6, 6.07) is 7.25. The first-order valence-corrected chi connectivity index (χ1v) is 8.96. The number of ether oxygens (including phenoxy) is 1. The zero-order valence-electron chi connectivity index (χ0n) is 12.5. The number of methoxy groups -OCH3 is 1. The maximum Gasteiger partial charge on any atom is 0.238 e. The van der Waals surface area contributed by atoms with Gasteiger partial charge in [0, 0.05) is 6.54 Å². The van der Waals surface area contributed by atoms with Gasteiger partial charge in [-0.1, -0.05) is 25.0 Å². The summed E-state index contributed by atoms with van der Waals surface area (Å²) in [6.45, 7) is 0.863. The molecule has 0 spiro atoms. The molecule has 0 heterocycles. The van der Waals surface area contributed by atoms with Crippen LogP contribution in [0.25, 0.3) is 0 Å². The highest BCUT2D eigenvalue weighted by molar-refractivity contribution is 7.93. The van der Waals surface area contributed by atoms with Gasteiger partial charge >= 0.3 is 0 Å². The highest BCUT2D eigenvalue weighted by Crippen LogP contribution is 2.34. The second-order valence-electron chi connectivity index (χ2n) is 5.34. The van der Waals surface area contributed by atoms with Gasteiger partial charge in [-0.2, -0.15) is 0 Å². The Labute approximate surface area is 127 Å². The number of nitrogens with zero attached hydrogens (tertiary/aromatic N) is 1. The summed E-state index contributed by atoms with van der Waals surface area (Å²) in [4.78, 5) is 0. The molecule has 1 aliphatic rings. The van der Waals surface area contributed by atoms with Gasteiger partial charge < -0.3 is 10.5 Å². The lowest BCUT2D eigenvalue weighted by molar-refractivity contribution is 0.415. The summed E-state index contributed by atoms with van der Waals surface area (Å²) in [5, 5.41) is -0.278. The molecule has 0 aliphatic heterocycles. The molecule has 0 unspecified atom stereocenters. The van der Waals surface area contributed by atoms with Gasteiger partial charge in [-0.3, -0.25) is 4.31 Å². The first-order valence-electron chi connectivity index (χ1n) is 7.46. The van der Waals surface area contributed by atoms with Crippen molar-refractivity contribution in [1.29, 1.82) is 0 Å². The molecule has 6 heteroatoms. The Hall–Kier alpha value is -1.27. The molecule has 2 N–H and O–H groups in total. The molecule has 118 valence electrons. The van der Waals surface area contributed by atoms with Crippen LogP contribution in [0.1, 0.15) is 32.1 Å². The van der Waals surface area contributed by atoms with Crippen molar-refractivity contribution >= 4 is 15.7 Å². The molecule has 1 aromatic carbocycles. The van der Waals surface area contributed by atoms with E-state index < -0.39 is 10.0 Å². The molecule has 1 fully saturated rings. The van der Waals surface area contributed by atoms with Gasteiger partial charge in [0.15, 0.2) is 0 Å². The van der Waals surface area contributed by atoms with Crippen molar-refractivity contribution in [3.63, 3.8) is 0 Å². The predicted octanol–water partition coefficient (Wildman–Crippen LogP) is 2.12. The van der Waals surface area contributed by atoms with Gasteiger partial charge in [0.1, 0.15) is 5.75 Å². The molecule has 0 atom stereocenters. The second kappa shape index (κ2) is 7.13. The van der Waals surface area contributed by atoms with Crippen LogP contribution in [-0.2, 0) is 10.0 Å². The lowest BCUT2D eigenvalue weighted by Crippen LogP contribution is -2.39. The largest absolute Gasteiger partial charge is 0.495 e. The third-order valence-corrected chi connectivity index (χ3v) is 6.26. The topological polar surface area (TPSA) is 72.6 Å². The van der Waals surface area contributed by atoms with E-state index in [-0.39, 0.29) is 5.25 Å². The summed E-state index contributed by atoms with van der Waals surface area (Å²) >= 11 is 0. The van der Waals surface area contributed by atoms with Crippen LogP contribution in [0.2, 0.25) is 0 Å². The van der Waals surface area contributed by atoms with Gasteiger partial charge in [-0.05, 0) is 37.9 Å². The number of para-hydroxylation sites is 2. The van der Waals surface area contributed by atoms with Crippen LogP contribution < -0.4 is 14.8 Å². The van der Waals surface area contributed by atoms with Crippen molar-refractivity contribution in [1.82, 2.24) is 0 Å². The molecule has 5 nitrogen and oxygen atoms in total. The Morgan fingerprint density at radius 1 is 1.29 bits per heavy atom. The molecule has 1 saturated carbocycles. The molecule has 0 amide bonds. The van der Waals surface area contributed by atoms with Gasteiger partial charge in [-0.25, -0.2) is 8.42 Å². The molecule has 1 aliphatic carbocycles. The third-order valence-electron chi connectivity index (χ3n) is 3.95. The van der Waals surface area contributed by atoms with Crippen molar-refractivity contribution in [2.75, 3.05) is 24.5 Å². The summed E-state index contributed by atoms with van der Waals surface area (Å²) in [6.07, 6.45) is 4.10.